The van der Waals surface area contributed by atoms with Gasteiger partial charge in [-0.2, -0.15) is 0 Å². The molecule has 1 aliphatic heterocycles. The van der Waals surface area contributed by atoms with Crippen molar-refractivity contribution < 1.29 is 17.9 Å². The van der Waals surface area contributed by atoms with E-state index in [1.165, 1.54) is 6.07 Å². The van der Waals surface area contributed by atoms with Crippen LogP contribution in [0.1, 0.15) is 13.3 Å². The Balaban J connectivity index is 1.50. The third-order valence-electron chi connectivity index (χ3n) is 4.90. The highest BCUT2D eigenvalue weighted by Gasteiger charge is 2.23. The van der Waals surface area contributed by atoms with Crippen molar-refractivity contribution >= 4 is 37.5 Å². The van der Waals surface area contributed by atoms with Gasteiger partial charge >= 0.3 is 0 Å². The quantitative estimate of drug-likeness (QED) is 0.608. The third kappa shape index (κ3) is 5.53. The topological polar surface area (TPSA) is 79.0 Å². The van der Waals surface area contributed by atoms with E-state index >= 15 is 0 Å². The zero-order valence-corrected chi connectivity index (χ0v) is 19.3. The van der Waals surface area contributed by atoms with Gasteiger partial charge in [0.2, 0.25) is 15.9 Å². The molecule has 30 heavy (non-hydrogen) atoms. The summed E-state index contributed by atoms with van der Waals surface area (Å²) in [6.45, 7) is 5.22. The number of benzene rings is 2. The van der Waals surface area contributed by atoms with Crippen LogP contribution < -0.4 is 14.4 Å². The summed E-state index contributed by atoms with van der Waals surface area (Å²) in [7, 11) is -3.66. The first-order valence-electron chi connectivity index (χ1n) is 9.91. The number of rotatable bonds is 8. The molecule has 1 amide bonds. The second-order valence-electron chi connectivity index (χ2n) is 6.85. The first-order valence-corrected chi connectivity index (χ1v) is 12.2. The zero-order valence-electron chi connectivity index (χ0n) is 16.9. The smallest absolute Gasteiger partial charge is 0.241 e. The van der Waals surface area contributed by atoms with Crippen LogP contribution in [-0.4, -0.2) is 58.6 Å². The maximum Gasteiger partial charge on any atom is 0.241 e. The molecule has 0 unspecified atom stereocenters. The number of sulfonamides is 1. The molecule has 7 nitrogen and oxygen atoms in total. The fraction of sp³-hybridized carbons (Fsp3) is 0.381. The van der Waals surface area contributed by atoms with Crippen LogP contribution in [0.15, 0.2) is 57.9 Å². The second kappa shape index (κ2) is 10.3. The number of piperazine rings is 1. The lowest BCUT2D eigenvalue weighted by molar-refractivity contribution is -0.131. The number of nitrogens with zero attached hydrogens (tertiary/aromatic N) is 2. The van der Waals surface area contributed by atoms with Crippen molar-refractivity contribution in [3.63, 3.8) is 0 Å². The van der Waals surface area contributed by atoms with Crippen molar-refractivity contribution in [1.82, 2.24) is 9.62 Å². The minimum absolute atomic E-state index is 0.0532. The van der Waals surface area contributed by atoms with Gasteiger partial charge in [0.25, 0.3) is 0 Å². The Morgan fingerprint density at radius 3 is 2.43 bits per heavy atom. The zero-order chi connectivity index (χ0) is 21.6. The number of para-hydroxylation sites is 2. The maximum absolute atomic E-state index is 12.5. The molecule has 1 aliphatic rings. The van der Waals surface area contributed by atoms with Crippen LogP contribution in [0.4, 0.5) is 5.69 Å². The maximum atomic E-state index is 12.5. The largest absolute Gasteiger partial charge is 0.492 e. The van der Waals surface area contributed by atoms with E-state index in [4.69, 9.17) is 4.74 Å². The van der Waals surface area contributed by atoms with Gasteiger partial charge in [0.1, 0.15) is 5.75 Å². The summed E-state index contributed by atoms with van der Waals surface area (Å²) in [6.07, 6.45) is 0.124. The van der Waals surface area contributed by atoms with Gasteiger partial charge in [-0.15, -0.1) is 0 Å². The van der Waals surface area contributed by atoms with Gasteiger partial charge in [-0.25, -0.2) is 13.1 Å². The Morgan fingerprint density at radius 1 is 1.07 bits per heavy atom. The molecule has 0 saturated carbocycles. The molecule has 1 N–H and O–H groups in total. The third-order valence-corrected chi connectivity index (χ3v) is 7.37. The molecule has 1 saturated heterocycles. The van der Waals surface area contributed by atoms with Gasteiger partial charge in [-0.05, 0) is 47.1 Å². The summed E-state index contributed by atoms with van der Waals surface area (Å²) < 4.78 is 33.5. The number of nitrogens with one attached hydrogen (secondary N) is 1. The summed E-state index contributed by atoms with van der Waals surface area (Å²) in [5.74, 6) is 0.795. The van der Waals surface area contributed by atoms with Crippen LogP contribution in [0.5, 0.6) is 5.75 Å². The van der Waals surface area contributed by atoms with E-state index in [0.717, 1.165) is 11.4 Å². The number of ether oxygens (including phenoxy) is 1. The van der Waals surface area contributed by atoms with Crippen molar-refractivity contribution in [3.8, 4) is 5.75 Å². The van der Waals surface area contributed by atoms with E-state index in [0.29, 0.717) is 37.3 Å². The van der Waals surface area contributed by atoms with E-state index in [-0.39, 0.29) is 23.8 Å². The molecule has 0 radical (unpaired) electrons. The lowest BCUT2D eigenvalue weighted by Crippen LogP contribution is -2.49. The predicted octanol–water partition coefficient (Wildman–Crippen LogP) is 2.87. The minimum Gasteiger partial charge on any atom is -0.492 e. The molecule has 3 rings (SSSR count). The molecule has 2 aromatic rings. The summed E-state index contributed by atoms with van der Waals surface area (Å²) >= 11 is 3.25. The highest BCUT2D eigenvalue weighted by molar-refractivity contribution is 9.10. The van der Waals surface area contributed by atoms with Gasteiger partial charge < -0.3 is 14.5 Å². The number of anilines is 1. The molecule has 0 bridgehead atoms. The van der Waals surface area contributed by atoms with Crippen LogP contribution in [0.2, 0.25) is 0 Å². The molecular weight excluding hydrogens is 470 g/mol. The standard InChI is InChI=1S/C21H26BrN3O4S/c1-2-29-19-9-5-4-8-18(19)24-13-15-25(16-14-24)21(26)11-12-23-30(27,28)20-10-6-3-7-17(20)22/h3-10,23H,2,11-16H2,1H3. The van der Waals surface area contributed by atoms with Crippen LogP contribution in [0.25, 0.3) is 0 Å². The Labute approximate surface area is 186 Å². The van der Waals surface area contributed by atoms with Crippen LogP contribution >= 0.6 is 15.9 Å². The van der Waals surface area contributed by atoms with Gasteiger partial charge in [0.05, 0.1) is 17.2 Å². The fourth-order valence-corrected chi connectivity index (χ4v) is 5.42. The molecule has 0 aromatic heterocycles. The van der Waals surface area contributed by atoms with Crippen molar-refractivity contribution in [2.45, 2.75) is 18.2 Å². The van der Waals surface area contributed by atoms with Crippen LogP contribution in [0, 0.1) is 0 Å². The van der Waals surface area contributed by atoms with E-state index in [1.54, 1.807) is 23.1 Å². The van der Waals surface area contributed by atoms with Crippen molar-refractivity contribution in [1.29, 1.82) is 0 Å². The molecule has 1 heterocycles. The second-order valence-corrected chi connectivity index (χ2v) is 9.44. The average Bonchev–Trinajstić information content (AvgIpc) is 2.74. The average molecular weight is 496 g/mol. The summed E-state index contributed by atoms with van der Waals surface area (Å²) in [5.41, 5.74) is 1.03. The lowest BCUT2D eigenvalue weighted by Gasteiger charge is -2.36. The molecule has 2 aromatic carbocycles. The molecular formula is C21H26BrN3O4S. The fourth-order valence-electron chi connectivity index (χ4n) is 3.38. The molecule has 1 fully saturated rings. The van der Waals surface area contributed by atoms with E-state index in [1.807, 2.05) is 31.2 Å². The van der Waals surface area contributed by atoms with E-state index in [9.17, 15) is 13.2 Å². The monoisotopic (exact) mass is 495 g/mol. The van der Waals surface area contributed by atoms with E-state index in [2.05, 4.69) is 25.6 Å². The number of hydrogen-bond acceptors (Lipinski definition) is 5. The normalized spacial score (nSPS) is 14.6. The predicted molar refractivity (Wildman–Crippen MR) is 120 cm³/mol. The van der Waals surface area contributed by atoms with Gasteiger partial charge in [0.15, 0.2) is 0 Å². The number of carbonyl (C=O) groups is 1. The number of halogens is 1. The van der Waals surface area contributed by atoms with Gasteiger partial charge in [0, 0.05) is 43.6 Å². The van der Waals surface area contributed by atoms with Crippen molar-refractivity contribution in [2.75, 3.05) is 44.2 Å². The molecule has 0 aliphatic carbocycles. The number of hydrogen-bond donors (Lipinski definition) is 1. The van der Waals surface area contributed by atoms with Gasteiger partial charge in [-0.1, -0.05) is 24.3 Å². The van der Waals surface area contributed by atoms with Crippen LogP contribution in [-0.2, 0) is 14.8 Å². The summed E-state index contributed by atoms with van der Waals surface area (Å²) in [5, 5.41) is 0. The Bertz CT molecular complexity index is 976. The first kappa shape index (κ1) is 22.6. The molecule has 9 heteroatoms. The molecule has 0 spiro atoms. The Morgan fingerprint density at radius 2 is 1.73 bits per heavy atom. The van der Waals surface area contributed by atoms with Crippen LogP contribution in [0.3, 0.4) is 0 Å². The highest BCUT2D eigenvalue weighted by Crippen LogP contribution is 2.29. The van der Waals surface area contributed by atoms with Crippen molar-refractivity contribution in [3.05, 3.63) is 53.0 Å². The minimum atomic E-state index is -3.66. The molecule has 0 atom stereocenters. The Kier molecular flexibility index (Phi) is 7.74. The number of carbonyl (C=O) groups excluding carboxylic acids is 1. The SMILES string of the molecule is CCOc1ccccc1N1CCN(C(=O)CCNS(=O)(=O)c2ccccc2Br)CC1. The first-order chi connectivity index (χ1) is 14.4. The highest BCUT2D eigenvalue weighted by atomic mass is 79.9. The number of amides is 1. The van der Waals surface area contributed by atoms with Gasteiger partial charge in [-0.3, -0.25) is 4.79 Å². The summed E-state index contributed by atoms with van der Waals surface area (Å²) in [6, 6.07) is 14.5. The summed E-state index contributed by atoms with van der Waals surface area (Å²) in [4.78, 5) is 16.7. The lowest BCUT2D eigenvalue weighted by atomic mass is 10.2. The van der Waals surface area contributed by atoms with Crippen molar-refractivity contribution in [2.24, 2.45) is 0 Å². The molecule has 162 valence electrons. The van der Waals surface area contributed by atoms with E-state index < -0.39 is 10.0 Å². The Hall–Kier alpha value is -2.10.